The molecule has 1 fully saturated rings. The predicted molar refractivity (Wildman–Crippen MR) is 115 cm³/mol. The number of epoxide rings is 1. The van der Waals surface area contributed by atoms with Crippen LogP contribution in [-0.2, 0) is 31.6 Å². The van der Waals surface area contributed by atoms with E-state index < -0.39 is 17.4 Å². The van der Waals surface area contributed by atoms with Crippen LogP contribution in [0.15, 0.2) is 0 Å². The molecule has 0 spiro atoms. The van der Waals surface area contributed by atoms with E-state index in [0.717, 1.165) is 63.7 Å². The minimum atomic E-state index is -2.29. The zero-order valence-corrected chi connectivity index (χ0v) is 20.8. The summed E-state index contributed by atoms with van der Waals surface area (Å²) in [4.78, 5) is 0. The first kappa shape index (κ1) is 27.5. The van der Waals surface area contributed by atoms with Crippen LogP contribution in [0.5, 0.6) is 0 Å². The Balaban J connectivity index is 0.000000541. The van der Waals surface area contributed by atoms with E-state index in [1.54, 1.807) is 21.3 Å². The third kappa shape index (κ3) is 13.4. The van der Waals surface area contributed by atoms with Gasteiger partial charge in [0.05, 0.1) is 13.2 Å². The fourth-order valence-corrected chi connectivity index (χ4v) is 7.08. The van der Waals surface area contributed by atoms with Crippen molar-refractivity contribution in [2.24, 2.45) is 0 Å². The number of ether oxygens (including phenoxy) is 2. The van der Waals surface area contributed by atoms with Gasteiger partial charge in [-0.2, -0.15) is 12.6 Å². The Morgan fingerprint density at radius 1 is 0.963 bits per heavy atom. The maximum Gasteiger partial charge on any atom is 0.500 e. The van der Waals surface area contributed by atoms with Crippen LogP contribution in [0.25, 0.3) is 0 Å². The lowest BCUT2D eigenvalue weighted by Gasteiger charge is -2.25. The van der Waals surface area contributed by atoms with Gasteiger partial charge in [0.15, 0.2) is 0 Å². The van der Waals surface area contributed by atoms with E-state index in [-0.39, 0.29) is 0 Å². The zero-order chi connectivity index (χ0) is 20.6. The Bertz CT molecular complexity index is 331. The van der Waals surface area contributed by atoms with Crippen LogP contribution in [-0.4, -0.2) is 83.6 Å². The Labute approximate surface area is 173 Å². The summed E-state index contributed by atoms with van der Waals surface area (Å²) in [6, 6.07) is 1.83. The molecule has 1 rings (SSSR count). The van der Waals surface area contributed by atoms with Crippen molar-refractivity contribution in [3.8, 4) is 0 Å². The molecule has 164 valence electrons. The van der Waals surface area contributed by atoms with E-state index in [9.17, 15) is 0 Å². The molecule has 0 aromatic heterocycles. The Morgan fingerprint density at radius 3 is 1.93 bits per heavy atom. The van der Waals surface area contributed by atoms with Gasteiger partial charge in [0.1, 0.15) is 6.10 Å². The van der Waals surface area contributed by atoms with Gasteiger partial charge >= 0.3 is 17.4 Å². The van der Waals surface area contributed by atoms with Crippen LogP contribution in [0.3, 0.4) is 0 Å². The minimum Gasteiger partial charge on any atom is -0.395 e. The summed E-state index contributed by atoms with van der Waals surface area (Å²) in [7, 11) is 0.659. The first-order valence-corrected chi connectivity index (χ1v) is 14.8. The second-order valence-corrected chi connectivity index (χ2v) is 13.1. The topological polar surface area (TPSA) is 67.9 Å². The Kier molecular flexibility index (Phi) is 16.6. The molecule has 0 aliphatic carbocycles. The van der Waals surface area contributed by atoms with Gasteiger partial charge in [-0.05, 0) is 45.0 Å². The van der Waals surface area contributed by atoms with Crippen LogP contribution in [0.1, 0.15) is 26.7 Å². The third-order valence-electron chi connectivity index (χ3n) is 4.10. The molecule has 1 unspecified atom stereocenters. The summed E-state index contributed by atoms with van der Waals surface area (Å²) in [5.74, 6) is 0.838. The fraction of sp³-hybridized carbons (Fsp3) is 1.00. The molecule has 1 saturated heterocycles. The SMILES string of the molecule is CCO[Si](C)(CCCOCC1CO1)OCC.CO[Si](CCCS)(OC)OC. The average molecular weight is 445 g/mol. The van der Waals surface area contributed by atoms with Crippen LogP contribution >= 0.6 is 12.6 Å². The van der Waals surface area contributed by atoms with Crippen molar-refractivity contribution in [1.29, 1.82) is 0 Å². The molecule has 7 nitrogen and oxygen atoms in total. The van der Waals surface area contributed by atoms with Crippen molar-refractivity contribution >= 4 is 30.0 Å². The molecule has 27 heavy (non-hydrogen) atoms. The maximum absolute atomic E-state index is 5.75. The van der Waals surface area contributed by atoms with Crippen molar-refractivity contribution in [2.45, 2.75) is 51.4 Å². The van der Waals surface area contributed by atoms with Crippen molar-refractivity contribution < 1.29 is 31.6 Å². The van der Waals surface area contributed by atoms with Crippen LogP contribution in [0.2, 0.25) is 18.6 Å². The minimum absolute atomic E-state index is 0.363. The summed E-state index contributed by atoms with van der Waals surface area (Å²) >= 11 is 4.10. The molecule has 1 atom stereocenters. The van der Waals surface area contributed by atoms with Crippen LogP contribution in [0.4, 0.5) is 0 Å². The summed E-state index contributed by atoms with van der Waals surface area (Å²) in [5.41, 5.74) is 0. The number of hydrogen-bond acceptors (Lipinski definition) is 8. The van der Waals surface area contributed by atoms with E-state index in [1.165, 1.54) is 0 Å². The molecule has 0 aromatic carbocycles. The molecule has 0 radical (unpaired) electrons. The lowest BCUT2D eigenvalue weighted by molar-refractivity contribution is 0.113. The molecule has 0 saturated carbocycles. The summed E-state index contributed by atoms with van der Waals surface area (Å²) in [6.07, 6.45) is 2.34. The van der Waals surface area contributed by atoms with Gasteiger partial charge in [-0.15, -0.1) is 0 Å². The maximum atomic E-state index is 5.75. The number of rotatable bonds is 16. The van der Waals surface area contributed by atoms with Gasteiger partial charge in [0.2, 0.25) is 0 Å². The van der Waals surface area contributed by atoms with E-state index in [0.29, 0.717) is 6.10 Å². The average Bonchev–Trinajstić information content (AvgIpc) is 3.48. The number of thiol groups is 1. The first-order valence-electron chi connectivity index (χ1n) is 9.68. The largest absolute Gasteiger partial charge is 0.500 e. The standard InChI is InChI=1S/C11H24O4Si.C6H16O3SSi/c1-4-14-16(3,15-5-2)8-6-7-12-9-11-10-13-11;1-7-11(8-2,9-3)6-4-5-10/h11H,4-10H2,1-3H3;10H,4-6H2,1-3H3. The quantitative estimate of drug-likeness (QED) is 0.170. The summed E-state index contributed by atoms with van der Waals surface area (Å²) in [6.45, 7) is 10.0. The van der Waals surface area contributed by atoms with Gasteiger partial charge in [0, 0.05) is 47.2 Å². The lowest BCUT2D eigenvalue weighted by atomic mass is 10.5. The smallest absolute Gasteiger partial charge is 0.395 e. The summed E-state index contributed by atoms with van der Waals surface area (Å²) < 4.78 is 37.7. The molecule has 0 amide bonds. The van der Waals surface area contributed by atoms with Gasteiger partial charge in [-0.1, -0.05) is 0 Å². The summed E-state index contributed by atoms with van der Waals surface area (Å²) in [5, 5.41) is 0. The van der Waals surface area contributed by atoms with Crippen molar-refractivity contribution in [3.05, 3.63) is 0 Å². The molecular weight excluding hydrogens is 404 g/mol. The van der Waals surface area contributed by atoms with Gasteiger partial charge in [-0.25, -0.2) is 0 Å². The highest BCUT2D eigenvalue weighted by Crippen LogP contribution is 2.17. The molecule has 0 bridgehead atoms. The normalized spacial score (nSPS) is 16.8. The van der Waals surface area contributed by atoms with Gasteiger partial charge < -0.3 is 31.6 Å². The van der Waals surface area contributed by atoms with Crippen LogP contribution < -0.4 is 0 Å². The van der Waals surface area contributed by atoms with Crippen molar-refractivity contribution in [2.75, 3.05) is 60.1 Å². The monoisotopic (exact) mass is 444 g/mol. The highest BCUT2D eigenvalue weighted by atomic mass is 32.1. The molecule has 1 aliphatic heterocycles. The molecule has 0 aromatic rings. The van der Waals surface area contributed by atoms with Crippen molar-refractivity contribution in [3.63, 3.8) is 0 Å². The first-order chi connectivity index (χ1) is 12.9. The lowest BCUT2D eigenvalue weighted by Crippen LogP contribution is -2.42. The van der Waals surface area contributed by atoms with Gasteiger partial charge in [0.25, 0.3) is 0 Å². The second-order valence-electron chi connectivity index (χ2n) is 6.26. The Morgan fingerprint density at radius 2 is 1.52 bits per heavy atom. The Hall–Kier alpha value is 0.504. The van der Waals surface area contributed by atoms with Crippen LogP contribution in [0, 0.1) is 0 Å². The second kappa shape index (κ2) is 16.3. The fourth-order valence-electron chi connectivity index (χ4n) is 2.52. The number of hydrogen-bond donors (Lipinski definition) is 1. The third-order valence-corrected chi connectivity index (χ3v) is 10.3. The van der Waals surface area contributed by atoms with E-state index >= 15 is 0 Å². The highest BCUT2D eigenvalue weighted by Gasteiger charge is 2.36. The molecule has 1 aliphatic rings. The van der Waals surface area contributed by atoms with E-state index in [4.69, 9.17) is 31.6 Å². The predicted octanol–water partition coefficient (Wildman–Crippen LogP) is 3.12. The zero-order valence-electron chi connectivity index (χ0n) is 18.0. The molecular formula is C17H40O7SSi2. The van der Waals surface area contributed by atoms with E-state index in [1.807, 2.05) is 13.8 Å². The van der Waals surface area contributed by atoms with Gasteiger partial charge in [-0.3, -0.25) is 0 Å². The van der Waals surface area contributed by atoms with E-state index in [2.05, 4.69) is 19.2 Å². The molecule has 1 heterocycles. The molecule has 10 heteroatoms. The highest BCUT2D eigenvalue weighted by molar-refractivity contribution is 7.80. The molecule has 0 N–H and O–H groups in total. The van der Waals surface area contributed by atoms with Crippen molar-refractivity contribution in [1.82, 2.24) is 0 Å².